The number of hydrogen-bond donors (Lipinski definition) is 3. The van der Waals surface area contributed by atoms with E-state index in [4.69, 9.17) is 0 Å². The molecule has 0 bridgehead atoms. The van der Waals surface area contributed by atoms with Gasteiger partial charge in [-0.2, -0.15) is 0 Å². The van der Waals surface area contributed by atoms with Crippen molar-refractivity contribution in [2.45, 2.75) is 52.9 Å². The zero-order valence-corrected chi connectivity index (χ0v) is 14.6. The third-order valence-electron chi connectivity index (χ3n) is 4.61. The number of nitrogens with one attached hydrogen (secondary N) is 3. The zero-order chi connectivity index (χ0) is 16.8. The fraction of sp³-hybridized carbons (Fsp3) is 0.667. The summed E-state index contributed by atoms with van der Waals surface area (Å²) in [7, 11) is 0. The molecule has 2 heterocycles. The van der Waals surface area contributed by atoms with Crippen molar-refractivity contribution in [3.63, 3.8) is 0 Å². The van der Waals surface area contributed by atoms with Crippen LogP contribution in [0.5, 0.6) is 0 Å². The van der Waals surface area contributed by atoms with Crippen molar-refractivity contribution < 1.29 is 9.59 Å². The summed E-state index contributed by atoms with van der Waals surface area (Å²) in [6.45, 7) is 8.33. The maximum Gasteiger partial charge on any atom is 0.268 e. The van der Waals surface area contributed by atoms with E-state index in [0.717, 1.165) is 43.6 Å². The molecule has 0 aromatic carbocycles. The first-order chi connectivity index (χ1) is 11.0. The number of aromatic amines is 1. The summed E-state index contributed by atoms with van der Waals surface area (Å²) < 4.78 is 0. The van der Waals surface area contributed by atoms with Crippen LogP contribution < -0.4 is 10.6 Å². The van der Waals surface area contributed by atoms with Gasteiger partial charge in [0.15, 0.2) is 5.78 Å². The van der Waals surface area contributed by atoms with E-state index >= 15 is 0 Å². The molecule has 0 spiro atoms. The van der Waals surface area contributed by atoms with Crippen molar-refractivity contribution in [3.05, 3.63) is 22.5 Å². The van der Waals surface area contributed by atoms with Crippen LogP contribution in [0.15, 0.2) is 0 Å². The Morgan fingerprint density at radius 2 is 2.13 bits per heavy atom. The van der Waals surface area contributed by atoms with Gasteiger partial charge in [0.05, 0.1) is 0 Å². The minimum absolute atomic E-state index is 0.0227. The minimum atomic E-state index is -0.0900. The van der Waals surface area contributed by atoms with Gasteiger partial charge in [-0.3, -0.25) is 9.59 Å². The van der Waals surface area contributed by atoms with E-state index in [1.807, 2.05) is 6.92 Å². The monoisotopic (exact) mass is 319 g/mol. The van der Waals surface area contributed by atoms with Crippen molar-refractivity contribution >= 4 is 11.7 Å². The molecule has 1 aliphatic rings. The molecule has 5 heteroatoms. The highest BCUT2D eigenvalue weighted by Gasteiger charge is 2.22. The van der Waals surface area contributed by atoms with Gasteiger partial charge in [0.25, 0.3) is 5.91 Å². The molecule has 1 amide bonds. The lowest BCUT2D eigenvalue weighted by Crippen LogP contribution is -2.33. The molecule has 3 N–H and O–H groups in total. The van der Waals surface area contributed by atoms with Crippen LogP contribution in [-0.2, 0) is 6.42 Å². The standard InChI is InChI=1S/C18H29N3O2/c1-4-6-15-16(13(3)22)12(2)21-17(15)18(23)20-10-8-14-7-5-9-19-11-14/h14,19,21H,4-11H2,1-3H3,(H,20,23). The molecule has 2 rings (SSSR count). The first kappa shape index (κ1) is 17.7. The summed E-state index contributed by atoms with van der Waals surface area (Å²) in [6, 6.07) is 0. The van der Waals surface area contributed by atoms with Gasteiger partial charge in [0.1, 0.15) is 5.69 Å². The third-order valence-corrected chi connectivity index (χ3v) is 4.61. The highest BCUT2D eigenvalue weighted by Crippen LogP contribution is 2.21. The number of carbonyl (C=O) groups is 2. The van der Waals surface area contributed by atoms with Crippen LogP contribution in [-0.4, -0.2) is 36.3 Å². The second-order valence-corrected chi connectivity index (χ2v) is 6.54. The molecule has 0 radical (unpaired) electrons. The van der Waals surface area contributed by atoms with Gasteiger partial charge in [0.2, 0.25) is 0 Å². The summed E-state index contributed by atoms with van der Waals surface area (Å²) in [6.07, 6.45) is 5.11. The van der Waals surface area contributed by atoms with E-state index in [1.54, 1.807) is 6.92 Å². The van der Waals surface area contributed by atoms with Crippen molar-refractivity contribution in [1.82, 2.24) is 15.6 Å². The molecule has 1 atom stereocenters. The van der Waals surface area contributed by atoms with Crippen LogP contribution in [0.4, 0.5) is 0 Å². The van der Waals surface area contributed by atoms with E-state index in [9.17, 15) is 9.59 Å². The molecule has 1 unspecified atom stereocenters. The molecule has 0 aliphatic carbocycles. The molecule has 0 saturated carbocycles. The lowest BCUT2D eigenvalue weighted by Gasteiger charge is -2.22. The van der Waals surface area contributed by atoms with Gasteiger partial charge in [-0.25, -0.2) is 0 Å². The van der Waals surface area contributed by atoms with E-state index in [2.05, 4.69) is 22.5 Å². The predicted molar refractivity (Wildman–Crippen MR) is 92.1 cm³/mol. The molecule has 128 valence electrons. The number of amides is 1. The van der Waals surface area contributed by atoms with Gasteiger partial charge >= 0.3 is 0 Å². The average Bonchev–Trinajstić information content (AvgIpc) is 2.85. The smallest absolute Gasteiger partial charge is 0.268 e. The van der Waals surface area contributed by atoms with Gasteiger partial charge in [-0.05, 0) is 64.1 Å². The van der Waals surface area contributed by atoms with Crippen LogP contribution in [0.2, 0.25) is 0 Å². The van der Waals surface area contributed by atoms with Gasteiger partial charge < -0.3 is 15.6 Å². The number of rotatable bonds is 7. The number of aromatic nitrogens is 1. The molecule has 1 aliphatic heterocycles. The Bertz CT molecular complexity index is 557. The van der Waals surface area contributed by atoms with Gasteiger partial charge in [-0.15, -0.1) is 0 Å². The number of aryl methyl sites for hydroxylation is 1. The Morgan fingerprint density at radius 1 is 1.35 bits per heavy atom. The quantitative estimate of drug-likeness (QED) is 0.676. The van der Waals surface area contributed by atoms with Crippen LogP contribution in [0.1, 0.15) is 71.6 Å². The summed E-state index contributed by atoms with van der Waals surface area (Å²) in [4.78, 5) is 27.5. The third kappa shape index (κ3) is 4.44. The SMILES string of the molecule is CCCc1c(C(=O)NCCC2CCCNC2)[nH]c(C)c1C(C)=O. The lowest BCUT2D eigenvalue weighted by atomic mass is 9.96. The normalized spacial score (nSPS) is 18.0. The highest BCUT2D eigenvalue weighted by atomic mass is 16.2. The Morgan fingerprint density at radius 3 is 2.74 bits per heavy atom. The summed E-state index contributed by atoms with van der Waals surface area (Å²) >= 11 is 0. The molecule has 5 nitrogen and oxygen atoms in total. The summed E-state index contributed by atoms with van der Waals surface area (Å²) in [5.74, 6) is 0.583. The minimum Gasteiger partial charge on any atom is -0.354 e. The second-order valence-electron chi connectivity index (χ2n) is 6.54. The number of piperidine rings is 1. The fourth-order valence-electron chi connectivity index (χ4n) is 3.50. The maximum atomic E-state index is 12.5. The molecular weight excluding hydrogens is 290 g/mol. The Balaban J connectivity index is 2.00. The van der Waals surface area contributed by atoms with E-state index < -0.39 is 0 Å². The summed E-state index contributed by atoms with van der Waals surface area (Å²) in [5, 5.41) is 6.41. The van der Waals surface area contributed by atoms with E-state index in [-0.39, 0.29) is 11.7 Å². The Hall–Kier alpha value is -1.62. The fourth-order valence-corrected chi connectivity index (χ4v) is 3.50. The molecule has 1 aromatic rings. The molecule has 1 fully saturated rings. The zero-order valence-electron chi connectivity index (χ0n) is 14.6. The van der Waals surface area contributed by atoms with Crippen LogP contribution in [0.25, 0.3) is 0 Å². The average molecular weight is 319 g/mol. The molecule has 1 aromatic heterocycles. The summed E-state index contributed by atoms with van der Waals surface area (Å²) in [5.41, 5.74) is 2.92. The highest BCUT2D eigenvalue weighted by molar-refractivity contribution is 6.02. The molecule has 1 saturated heterocycles. The van der Waals surface area contributed by atoms with Crippen molar-refractivity contribution in [3.8, 4) is 0 Å². The van der Waals surface area contributed by atoms with Crippen molar-refractivity contribution in [2.24, 2.45) is 5.92 Å². The number of ketones is 1. The van der Waals surface area contributed by atoms with Crippen LogP contribution in [0, 0.1) is 12.8 Å². The molecule has 23 heavy (non-hydrogen) atoms. The largest absolute Gasteiger partial charge is 0.354 e. The number of hydrogen-bond acceptors (Lipinski definition) is 3. The second kappa shape index (κ2) is 8.29. The van der Waals surface area contributed by atoms with E-state index in [1.165, 1.54) is 12.8 Å². The first-order valence-electron chi connectivity index (χ1n) is 8.75. The lowest BCUT2D eigenvalue weighted by molar-refractivity contribution is 0.0945. The topological polar surface area (TPSA) is 74.0 Å². The van der Waals surface area contributed by atoms with Crippen molar-refractivity contribution in [2.75, 3.05) is 19.6 Å². The van der Waals surface area contributed by atoms with Crippen molar-refractivity contribution in [1.29, 1.82) is 0 Å². The Kier molecular flexibility index (Phi) is 6.39. The van der Waals surface area contributed by atoms with Gasteiger partial charge in [0, 0.05) is 17.8 Å². The van der Waals surface area contributed by atoms with Crippen LogP contribution in [0.3, 0.4) is 0 Å². The number of H-pyrrole nitrogens is 1. The van der Waals surface area contributed by atoms with Gasteiger partial charge in [-0.1, -0.05) is 13.3 Å². The number of carbonyl (C=O) groups excluding carboxylic acids is 2. The van der Waals surface area contributed by atoms with E-state index in [0.29, 0.717) is 23.7 Å². The van der Waals surface area contributed by atoms with Crippen LogP contribution >= 0.6 is 0 Å². The number of Topliss-reactive ketones (excluding diaryl/α,β-unsaturated/α-hetero) is 1. The Labute approximate surface area is 138 Å². The first-order valence-corrected chi connectivity index (χ1v) is 8.75. The molecular formula is C18H29N3O2. The maximum absolute atomic E-state index is 12.5. The predicted octanol–water partition coefficient (Wildman–Crippen LogP) is 2.60.